The second-order valence-electron chi connectivity index (χ2n) is 8.90. The summed E-state index contributed by atoms with van der Waals surface area (Å²) in [6, 6.07) is 18.2. The fourth-order valence-corrected chi connectivity index (χ4v) is 5.08. The molecular weight excluding hydrogens is 533 g/mol. The molecule has 11 heteroatoms. The second-order valence-corrected chi connectivity index (χ2v) is 9.86. The SMILES string of the molecule is COc1cccc(-c2nc(SCc3ccc(NC(=O)Nc4cc(F)cc5c4OCCC5)cc3)[nH]c(=O)c2C#N)c1. The van der Waals surface area contributed by atoms with Gasteiger partial charge in [-0.25, -0.2) is 14.2 Å². The summed E-state index contributed by atoms with van der Waals surface area (Å²) < 4.78 is 24.9. The number of nitrogens with zero attached hydrogens (tertiary/aromatic N) is 2. The van der Waals surface area contributed by atoms with Crippen LogP contribution < -0.4 is 25.7 Å². The lowest BCUT2D eigenvalue weighted by Crippen LogP contribution is -2.21. The standard InChI is InChI=1S/C29H24FN5O4S/c1-38-22-6-2-4-18(13-22)25-23(15-31)27(36)35-29(34-25)40-16-17-7-9-21(10-8-17)32-28(37)33-24-14-20(30)12-19-5-3-11-39-26(19)24/h2,4,6-10,12-14H,3,5,11,16H2,1H3,(H2,32,33,37)(H,34,35,36). The maximum Gasteiger partial charge on any atom is 0.323 e. The molecule has 9 nitrogen and oxygen atoms in total. The van der Waals surface area contributed by atoms with Crippen LogP contribution in [0, 0.1) is 17.1 Å². The number of benzene rings is 3. The van der Waals surface area contributed by atoms with E-state index in [-0.39, 0.29) is 16.9 Å². The molecule has 0 radical (unpaired) electrons. The Balaban J connectivity index is 1.24. The zero-order chi connectivity index (χ0) is 28.1. The van der Waals surface area contributed by atoms with E-state index in [2.05, 4.69) is 20.6 Å². The highest BCUT2D eigenvalue weighted by atomic mass is 32.2. The lowest BCUT2D eigenvalue weighted by Gasteiger charge is -2.21. The van der Waals surface area contributed by atoms with Crippen LogP contribution in [0.3, 0.4) is 0 Å². The highest BCUT2D eigenvalue weighted by Crippen LogP contribution is 2.34. The number of carbonyl (C=O) groups is 1. The number of aromatic nitrogens is 2. The molecule has 5 rings (SSSR count). The average Bonchev–Trinajstić information content (AvgIpc) is 2.96. The van der Waals surface area contributed by atoms with Crippen molar-refractivity contribution in [3.05, 3.63) is 93.5 Å². The third kappa shape index (κ3) is 6.08. The lowest BCUT2D eigenvalue weighted by atomic mass is 10.1. The van der Waals surface area contributed by atoms with E-state index in [4.69, 9.17) is 9.47 Å². The number of hydrogen-bond acceptors (Lipinski definition) is 7. The molecule has 0 fully saturated rings. The number of aryl methyl sites for hydroxylation is 1. The van der Waals surface area contributed by atoms with Crippen LogP contribution in [-0.4, -0.2) is 29.7 Å². The quantitative estimate of drug-likeness (QED) is 0.196. The summed E-state index contributed by atoms with van der Waals surface area (Å²) in [6.07, 6.45) is 1.49. The second kappa shape index (κ2) is 11.9. The number of nitrogens with one attached hydrogen (secondary N) is 3. The number of fused-ring (bicyclic) bond motifs is 1. The molecule has 1 aliphatic heterocycles. The van der Waals surface area contributed by atoms with Crippen LogP contribution in [0.5, 0.6) is 11.5 Å². The molecule has 40 heavy (non-hydrogen) atoms. The molecule has 1 aromatic heterocycles. The topological polar surface area (TPSA) is 129 Å². The highest BCUT2D eigenvalue weighted by molar-refractivity contribution is 7.98. The molecule has 0 spiro atoms. The van der Waals surface area contributed by atoms with E-state index in [1.807, 2.05) is 18.2 Å². The van der Waals surface area contributed by atoms with E-state index in [0.29, 0.717) is 46.7 Å². The van der Waals surface area contributed by atoms with E-state index in [0.717, 1.165) is 17.5 Å². The third-order valence-corrected chi connectivity index (χ3v) is 7.10. The van der Waals surface area contributed by atoms with E-state index in [1.165, 1.54) is 31.0 Å². The van der Waals surface area contributed by atoms with Gasteiger partial charge in [0.25, 0.3) is 5.56 Å². The highest BCUT2D eigenvalue weighted by Gasteiger charge is 2.18. The molecule has 0 aliphatic carbocycles. The molecule has 2 amide bonds. The summed E-state index contributed by atoms with van der Waals surface area (Å²) in [6.45, 7) is 0.516. The molecule has 4 aromatic rings. The number of amides is 2. The molecule has 0 unspecified atom stereocenters. The van der Waals surface area contributed by atoms with Gasteiger partial charge in [0.05, 0.1) is 25.1 Å². The number of urea groups is 1. The van der Waals surface area contributed by atoms with Crippen molar-refractivity contribution in [3.63, 3.8) is 0 Å². The summed E-state index contributed by atoms with van der Waals surface area (Å²) in [4.78, 5) is 32.3. The predicted octanol–water partition coefficient (Wildman–Crippen LogP) is 5.72. The zero-order valence-corrected chi connectivity index (χ0v) is 22.2. The number of methoxy groups -OCH3 is 1. The van der Waals surface area contributed by atoms with Crippen LogP contribution in [0.1, 0.15) is 23.1 Å². The Bertz CT molecular complexity index is 1670. The maximum atomic E-state index is 14.0. The van der Waals surface area contributed by atoms with Gasteiger partial charge >= 0.3 is 6.03 Å². The van der Waals surface area contributed by atoms with Crippen molar-refractivity contribution in [1.82, 2.24) is 9.97 Å². The Labute approximate surface area is 233 Å². The fourth-order valence-electron chi connectivity index (χ4n) is 4.26. The van der Waals surface area contributed by atoms with Crippen molar-refractivity contribution >= 4 is 29.2 Å². The van der Waals surface area contributed by atoms with E-state index < -0.39 is 17.4 Å². The minimum atomic E-state index is -0.520. The zero-order valence-electron chi connectivity index (χ0n) is 21.4. The van der Waals surface area contributed by atoms with Crippen LogP contribution in [-0.2, 0) is 12.2 Å². The van der Waals surface area contributed by atoms with Crippen molar-refractivity contribution in [2.75, 3.05) is 24.4 Å². The first-order valence-electron chi connectivity index (χ1n) is 12.4. The Kier molecular flexibility index (Phi) is 7.98. The van der Waals surface area contributed by atoms with Gasteiger partial charge in [0.15, 0.2) is 5.16 Å². The Morgan fingerprint density at radius 2 is 2.02 bits per heavy atom. The van der Waals surface area contributed by atoms with Crippen molar-refractivity contribution < 1.29 is 18.7 Å². The Hall–Kier alpha value is -4.82. The molecule has 202 valence electrons. The van der Waals surface area contributed by atoms with Gasteiger partial charge in [0.2, 0.25) is 0 Å². The maximum absolute atomic E-state index is 14.0. The van der Waals surface area contributed by atoms with Crippen LogP contribution >= 0.6 is 11.8 Å². The molecule has 1 aliphatic rings. The van der Waals surface area contributed by atoms with Crippen molar-refractivity contribution in [2.45, 2.75) is 23.8 Å². The lowest BCUT2D eigenvalue weighted by molar-refractivity contribution is 0.261. The number of halogens is 1. The van der Waals surface area contributed by atoms with E-state index >= 15 is 0 Å². The number of thioether (sulfide) groups is 1. The summed E-state index contributed by atoms with van der Waals surface area (Å²) in [5.41, 5.74) is 2.77. The van der Waals surface area contributed by atoms with Crippen molar-refractivity contribution in [1.29, 1.82) is 5.26 Å². The van der Waals surface area contributed by atoms with Gasteiger partial charge in [0.1, 0.15) is 28.9 Å². The molecule has 0 saturated carbocycles. The van der Waals surface area contributed by atoms with Gasteiger partial charge in [-0.15, -0.1) is 0 Å². The summed E-state index contributed by atoms with van der Waals surface area (Å²) in [5.74, 6) is 1.13. The number of hydrogen-bond donors (Lipinski definition) is 3. The summed E-state index contributed by atoms with van der Waals surface area (Å²) in [7, 11) is 1.54. The molecule has 2 heterocycles. The summed E-state index contributed by atoms with van der Waals surface area (Å²) in [5, 5.41) is 15.3. The monoisotopic (exact) mass is 557 g/mol. The molecule has 0 bridgehead atoms. The molecular formula is C29H24FN5O4S. The number of carbonyl (C=O) groups excluding carboxylic acids is 1. The van der Waals surface area contributed by atoms with Crippen LogP contribution in [0.15, 0.2) is 70.6 Å². The normalized spacial score (nSPS) is 12.0. The number of nitriles is 1. The van der Waals surface area contributed by atoms with Crippen molar-refractivity contribution in [3.8, 4) is 28.8 Å². The van der Waals surface area contributed by atoms with Gasteiger partial charge in [-0.2, -0.15) is 5.26 Å². The van der Waals surface area contributed by atoms with Crippen LogP contribution in [0.2, 0.25) is 0 Å². The number of H-pyrrole nitrogens is 1. The average molecular weight is 558 g/mol. The number of ether oxygens (including phenoxy) is 2. The number of aromatic amines is 1. The predicted molar refractivity (Wildman–Crippen MR) is 150 cm³/mol. The number of anilines is 2. The van der Waals surface area contributed by atoms with Gasteiger partial charge in [-0.1, -0.05) is 36.0 Å². The van der Waals surface area contributed by atoms with Crippen molar-refractivity contribution in [2.24, 2.45) is 0 Å². The van der Waals surface area contributed by atoms with Gasteiger partial charge in [-0.05, 0) is 54.3 Å². The molecule has 3 aromatic carbocycles. The first-order chi connectivity index (χ1) is 19.4. The smallest absolute Gasteiger partial charge is 0.323 e. The van der Waals surface area contributed by atoms with Crippen LogP contribution in [0.4, 0.5) is 20.6 Å². The minimum Gasteiger partial charge on any atom is -0.497 e. The third-order valence-electron chi connectivity index (χ3n) is 6.16. The van der Waals surface area contributed by atoms with Crippen LogP contribution in [0.25, 0.3) is 11.3 Å². The van der Waals surface area contributed by atoms with Gasteiger partial charge in [0, 0.05) is 23.1 Å². The van der Waals surface area contributed by atoms with E-state index in [9.17, 15) is 19.2 Å². The molecule has 3 N–H and O–H groups in total. The molecule has 0 atom stereocenters. The molecule has 0 saturated heterocycles. The first-order valence-corrected chi connectivity index (χ1v) is 13.4. The Morgan fingerprint density at radius 3 is 2.80 bits per heavy atom. The largest absolute Gasteiger partial charge is 0.497 e. The van der Waals surface area contributed by atoms with Gasteiger partial charge in [-0.3, -0.25) is 4.79 Å². The van der Waals surface area contributed by atoms with Gasteiger partial charge < -0.3 is 25.1 Å². The Morgan fingerprint density at radius 1 is 1.20 bits per heavy atom. The van der Waals surface area contributed by atoms with E-state index in [1.54, 1.807) is 36.4 Å². The fraction of sp³-hybridized carbons (Fsp3) is 0.172. The number of rotatable bonds is 7. The first kappa shape index (κ1) is 26.8. The summed E-state index contributed by atoms with van der Waals surface area (Å²) >= 11 is 1.31. The minimum absolute atomic E-state index is 0.0726.